The van der Waals surface area contributed by atoms with Crippen LogP contribution in [0, 0.1) is 0 Å². The van der Waals surface area contributed by atoms with Crippen molar-refractivity contribution in [3.8, 4) is 0 Å². The van der Waals surface area contributed by atoms with Crippen LogP contribution in [0.4, 0.5) is 5.69 Å². The Balaban J connectivity index is 2.13. The molecule has 0 spiro atoms. The van der Waals surface area contributed by atoms with Gasteiger partial charge in [-0.25, -0.2) is 0 Å². The van der Waals surface area contributed by atoms with Gasteiger partial charge in [0, 0.05) is 17.2 Å². The molecule has 1 unspecified atom stereocenters. The Labute approximate surface area is 93.4 Å². The van der Waals surface area contributed by atoms with E-state index in [0.29, 0.717) is 6.17 Å². The standard InChI is InChI=1S/C11H15BrN2/c1-14(11-6-3-7-13-11)10-5-2-4-9(12)8-10/h2,4-5,8,11,13H,3,6-7H2,1H3. The zero-order valence-corrected chi connectivity index (χ0v) is 9.92. The first kappa shape index (κ1) is 9.99. The second kappa shape index (κ2) is 4.32. The van der Waals surface area contributed by atoms with Crippen molar-refractivity contribution in [3.05, 3.63) is 28.7 Å². The average molecular weight is 255 g/mol. The van der Waals surface area contributed by atoms with Gasteiger partial charge >= 0.3 is 0 Å². The van der Waals surface area contributed by atoms with Gasteiger partial charge in [-0.2, -0.15) is 0 Å². The molecular weight excluding hydrogens is 240 g/mol. The smallest absolute Gasteiger partial charge is 0.0793 e. The van der Waals surface area contributed by atoms with Crippen LogP contribution in [0.3, 0.4) is 0 Å². The Morgan fingerprint density at radius 2 is 2.36 bits per heavy atom. The van der Waals surface area contributed by atoms with Crippen LogP contribution in [0.5, 0.6) is 0 Å². The second-order valence-corrected chi connectivity index (χ2v) is 4.62. The molecule has 1 atom stereocenters. The Bertz CT molecular complexity index is 308. The summed E-state index contributed by atoms with van der Waals surface area (Å²) in [5.74, 6) is 0. The highest BCUT2D eigenvalue weighted by atomic mass is 79.9. The number of benzene rings is 1. The zero-order chi connectivity index (χ0) is 9.97. The maximum Gasteiger partial charge on any atom is 0.0793 e. The molecule has 3 heteroatoms. The molecule has 1 aliphatic rings. The van der Waals surface area contributed by atoms with E-state index in [4.69, 9.17) is 0 Å². The minimum Gasteiger partial charge on any atom is -0.359 e. The van der Waals surface area contributed by atoms with Gasteiger partial charge in [-0.1, -0.05) is 22.0 Å². The number of nitrogens with zero attached hydrogens (tertiary/aromatic N) is 1. The lowest BCUT2D eigenvalue weighted by Gasteiger charge is -2.26. The molecule has 0 amide bonds. The van der Waals surface area contributed by atoms with Gasteiger partial charge in [0.1, 0.15) is 0 Å². The molecule has 1 aromatic carbocycles. The molecule has 0 radical (unpaired) electrons. The summed E-state index contributed by atoms with van der Waals surface area (Å²) in [5, 5.41) is 3.48. The van der Waals surface area contributed by atoms with Crippen LogP contribution in [0.1, 0.15) is 12.8 Å². The molecule has 0 bridgehead atoms. The third-order valence-electron chi connectivity index (χ3n) is 2.72. The summed E-state index contributed by atoms with van der Waals surface area (Å²) in [6.07, 6.45) is 3.02. The number of hydrogen-bond acceptors (Lipinski definition) is 2. The van der Waals surface area contributed by atoms with Gasteiger partial charge in [0.15, 0.2) is 0 Å². The first-order valence-corrected chi connectivity index (χ1v) is 5.78. The molecule has 1 saturated heterocycles. The fourth-order valence-corrected chi connectivity index (χ4v) is 2.26. The van der Waals surface area contributed by atoms with Crippen molar-refractivity contribution in [2.24, 2.45) is 0 Å². The lowest BCUT2D eigenvalue weighted by molar-refractivity contribution is 0.594. The lowest BCUT2D eigenvalue weighted by atomic mass is 10.2. The number of halogens is 1. The average Bonchev–Trinajstić information content (AvgIpc) is 2.69. The van der Waals surface area contributed by atoms with E-state index in [-0.39, 0.29) is 0 Å². The normalized spacial score (nSPS) is 21.1. The zero-order valence-electron chi connectivity index (χ0n) is 8.33. The molecule has 1 heterocycles. The largest absolute Gasteiger partial charge is 0.359 e. The van der Waals surface area contributed by atoms with E-state index in [0.717, 1.165) is 11.0 Å². The fraction of sp³-hybridized carbons (Fsp3) is 0.455. The number of hydrogen-bond donors (Lipinski definition) is 1. The fourth-order valence-electron chi connectivity index (χ4n) is 1.87. The summed E-state index contributed by atoms with van der Waals surface area (Å²) in [6.45, 7) is 1.14. The summed E-state index contributed by atoms with van der Waals surface area (Å²) in [5.41, 5.74) is 1.26. The monoisotopic (exact) mass is 254 g/mol. The third kappa shape index (κ3) is 2.10. The molecule has 1 N–H and O–H groups in total. The predicted molar refractivity (Wildman–Crippen MR) is 63.6 cm³/mol. The van der Waals surface area contributed by atoms with Crippen molar-refractivity contribution in [2.45, 2.75) is 19.0 Å². The van der Waals surface area contributed by atoms with Crippen LogP contribution in [-0.4, -0.2) is 19.8 Å². The topological polar surface area (TPSA) is 15.3 Å². The maximum absolute atomic E-state index is 3.49. The molecule has 76 valence electrons. The summed E-state index contributed by atoms with van der Waals surface area (Å²) in [7, 11) is 2.14. The highest BCUT2D eigenvalue weighted by Gasteiger charge is 2.18. The quantitative estimate of drug-likeness (QED) is 0.873. The van der Waals surface area contributed by atoms with Crippen LogP contribution in [0.15, 0.2) is 28.7 Å². The van der Waals surface area contributed by atoms with Crippen LogP contribution >= 0.6 is 15.9 Å². The Kier molecular flexibility index (Phi) is 3.08. The van der Waals surface area contributed by atoms with E-state index < -0.39 is 0 Å². The molecule has 0 saturated carbocycles. The van der Waals surface area contributed by atoms with Crippen molar-refractivity contribution < 1.29 is 0 Å². The highest BCUT2D eigenvalue weighted by Crippen LogP contribution is 2.22. The Morgan fingerprint density at radius 3 is 3.00 bits per heavy atom. The van der Waals surface area contributed by atoms with Crippen molar-refractivity contribution in [3.63, 3.8) is 0 Å². The van der Waals surface area contributed by atoms with E-state index in [1.54, 1.807) is 0 Å². The van der Waals surface area contributed by atoms with Gasteiger partial charge in [0.05, 0.1) is 6.17 Å². The number of nitrogens with one attached hydrogen (secondary N) is 1. The number of rotatable bonds is 2. The van der Waals surface area contributed by atoms with Gasteiger partial charge in [-0.3, -0.25) is 5.32 Å². The van der Waals surface area contributed by atoms with Crippen molar-refractivity contribution in [1.29, 1.82) is 0 Å². The Morgan fingerprint density at radius 1 is 1.50 bits per heavy atom. The number of anilines is 1. The third-order valence-corrected chi connectivity index (χ3v) is 3.21. The second-order valence-electron chi connectivity index (χ2n) is 3.70. The van der Waals surface area contributed by atoms with Crippen LogP contribution in [0.25, 0.3) is 0 Å². The van der Waals surface area contributed by atoms with Crippen molar-refractivity contribution >= 4 is 21.6 Å². The molecule has 2 rings (SSSR count). The summed E-state index contributed by atoms with van der Waals surface area (Å²) in [6, 6.07) is 8.43. The van der Waals surface area contributed by atoms with Crippen LogP contribution < -0.4 is 10.2 Å². The maximum atomic E-state index is 3.49. The summed E-state index contributed by atoms with van der Waals surface area (Å²) >= 11 is 3.49. The molecule has 1 aromatic rings. The van der Waals surface area contributed by atoms with Gasteiger partial charge in [-0.15, -0.1) is 0 Å². The molecular formula is C11H15BrN2. The first-order valence-electron chi connectivity index (χ1n) is 4.99. The van der Waals surface area contributed by atoms with Gasteiger partial charge in [0.25, 0.3) is 0 Å². The van der Waals surface area contributed by atoms with Gasteiger partial charge in [-0.05, 0) is 37.6 Å². The minimum absolute atomic E-state index is 0.504. The van der Waals surface area contributed by atoms with E-state index in [1.807, 2.05) is 0 Å². The molecule has 0 aliphatic carbocycles. The SMILES string of the molecule is CN(c1cccc(Br)c1)C1CCCN1. The van der Waals surface area contributed by atoms with E-state index in [2.05, 4.69) is 57.5 Å². The predicted octanol–water partition coefficient (Wildman–Crippen LogP) is 2.59. The molecule has 1 fully saturated rings. The summed E-state index contributed by atoms with van der Waals surface area (Å²) in [4.78, 5) is 2.30. The molecule has 1 aliphatic heterocycles. The molecule has 2 nitrogen and oxygen atoms in total. The van der Waals surface area contributed by atoms with E-state index >= 15 is 0 Å². The van der Waals surface area contributed by atoms with Gasteiger partial charge in [0.2, 0.25) is 0 Å². The molecule has 14 heavy (non-hydrogen) atoms. The summed E-state index contributed by atoms with van der Waals surface area (Å²) < 4.78 is 1.14. The van der Waals surface area contributed by atoms with Crippen molar-refractivity contribution in [1.82, 2.24) is 5.32 Å². The Hall–Kier alpha value is -0.540. The minimum atomic E-state index is 0.504. The molecule has 0 aromatic heterocycles. The lowest BCUT2D eigenvalue weighted by Crippen LogP contribution is -2.39. The highest BCUT2D eigenvalue weighted by molar-refractivity contribution is 9.10. The van der Waals surface area contributed by atoms with Crippen LogP contribution in [-0.2, 0) is 0 Å². The van der Waals surface area contributed by atoms with Crippen LogP contribution in [0.2, 0.25) is 0 Å². The van der Waals surface area contributed by atoms with E-state index in [9.17, 15) is 0 Å². The first-order chi connectivity index (χ1) is 6.77. The van der Waals surface area contributed by atoms with E-state index in [1.165, 1.54) is 18.5 Å². The van der Waals surface area contributed by atoms with Gasteiger partial charge < -0.3 is 4.90 Å². The van der Waals surface area contributed by atoms with Crippen molar-refractivity contribution in [2.75, 3.05) is 18.5 Å².